The number of carbonyl (C=O) groups excluding carboxylic acids is 1. The van der Waals surface area contributed by atoms with Crippen molar-refractivity contribution in [3.05, 3.63) is 0 Å². The van der Waals surface area contributed by atoms with Gasteiger partial charge in [-0.05, 0) is 25.8 Å². The molecule has 1 fully saturated rings. The molecule has 0 saturated carbocycles. The Kier molecular flexibility index (Phi) is 4.90. The first kappa shape index (κ1) is 11.5. The van der Waals surface area contributed by atoms with Crippen LogP contribution < -0.4 is 5.32 Å². The molecule has 0 spiro atoms. The molecule has 1 atom stereocenters. The van der Waals surface area contributed by atoms with Gasteiger partial charge in [-0.3, -0.25) is 4.79 Å². The molecule has 4 nitrogen and oxygen atoms in total. The first-order valence-corrected chi connectivity index (χ1v) is 5.20. The Morgan fingerprint density at radius 1 is 1.64 bits per heavy atom. The van der Waals surface area contributed by atoms with Crippen LogP contribution >= 0.6 is 0 Å². The highest BCUT2D eigenvalue weighted by atomic mass is 16.5. The lowest BCUT2D eigenvalue weighted by atomic mass is 10.0. The van der Waals surface area contributed by atoms with Gasteiger partial charge in [0.1, 0.15) is 0 Å². The van der Waals surface area contributed by atoms with Gasteiger partial charge in [0.2, 0.25) is 5.91 Å². The van der Waals surface area contributed by atoms with Gasteiger partial charge in [-0.15, -0.1) is 0 Å². The molecule has 0 aromatic heterocycles. The molecule has 14 heavy (non-hydrogen) atoms. The molecule has 0 aliphatic carbocycles. The zero-order chi connectivity index (χ0) is 10.4. The summed E-state index contributed by atoms with van der Waals surface area (Å²) < 4.78 is 5.37. The van der Waals surface area contributed by atoms with Gasteiger partial charge in [-0.2, -0.15) is 0 Å². The summed E-state index contributed by atoms with van der Waals surface area (Å²) in [5.41, 5.74) is 0. The molecular formula is C10H20N2O2. The van der Waals surface area contributed by atoms with Gasteiger partial charge in [-0.25, -0.2) is 0 Å². The van der Waals surface area contributed by atoms with Gasteiger partial charge in [-0.1, -0.05) is 0 Å². The molecule has 82 valence electrons. The van der Waals surface area contributed by atoms with E-state index >= 15 is 0 Å². The minimum atomic E-state index is 0.151. The number of ether oxygens (including phenoxy) is 1. The van der Waals surface area contributed by atoms with Crippen LogP contribution in [-0.4, -0.2) is 51.2 Å². The second kappa shape index (κ2) is 5.98. The lowest BCUT2D eigenvalue weighted by Gasteiger charge is -2.27. The topological polar surface area (TPSA) is 41.6 Å². The van der Waals surface area contributed by atoms with Crippen LogP contribution in [0.3, 0.4) is 0 Å². The molecule has 4 heteroatoms. The molecule has 1 aliphatic heterocycles. The van der Waals surface area contributed by atoms with Crippen molar-refractivity contribution in [2.45, 2.75) is 12.8 Å². The molecule has 1 N–H and O–H groups in total. The first-order valence-electron chi connectivity index (χ1n) is 5.20. The highest BCUT2D eigenvalue weighted by Gasteiger charge is 2.17. The van der Waals surface area contributed by atoms with E-state index in [1.165, 1.54) is 6.42 Å². The van der Waals surface area contributed by atoms with Gasteiger partial charge < -0.3 is 15.0 Å². The fourth-order valence-electron chi connectivity index (χ4n) is 1.73. The zero-order valence-corrected chi connectivity index (χ0v) is 9.08. The van der Waals surface area contributed by atoms with Gasteiger partial charge >= 0.3 is 0 Å². The number of likely N-dealkylation sites (N-methyl/N-ethyl adjacent to an activating group) is 2. The summed E-state index contributed by atoms with van der Waals surface area (Å²) in [5.74, 6) is 0.674. The van der Waals surface area contributed by atoms with E-state index in [0.717, 1.165) is 26.2 Å². The Bertz CT molecular complexity index is 179. The van der Waals surface area contributed by atoms with Crippen molar-refractivity contribution in [3.8, 4) is 0 Å². The minimum absolute atomic E-state index is 0.151. The van der Waals surface area contributed by atoms with Crippen molar-refractivity contribution >= 4 is 5.91 Å². The monoisotopic (exact) mass is 200 g/mol. The summed E-state index contributed by atoms with van der Waals surface area (Å²) in [6, 6.07) is 0. The molecule has 0 bridgehead atoms. The summed E-state index contributed by atoms with van der Waals surface area (Å²) in [5, 5.41) is 2.86. The second-order valence-corrected chi connectivity index (χ2v) is 3.89. The van der Waals surface area contributed by atoms with Crippen LogP contribution in [0.4, 0.5) is 0 Å². The zero-order valence-electron chi connectivity index (χ0n) is 9.08. The van der Waals surface area contributed by atoms with E-state index < -0.39 is 0 Å². The van der Waals surface area contributed by atoms with Crippen molar-refractivity contribution in [1.29, 1.82) is 0 Å². The summed E-state index contributed by atoms with van der Waals surface area (Å²) in [4.78, 5) is 13.2. The van der Waals surface area contributed by atoms with Gasteiger partial charge in [0.25, 0.3) is 0 Å². The summed E-state index contributed by atoms with van der Waals surface area (Å²) in [6.07, 6.45) is 2.30. The lowest BCUT2D eigenvalue weighted by Crippen LogP contribution is -2.39. The summed E-state index contributed by atoms with van der Waals surface area (Å²) in [7, 11) is 3.64. The van der Waals surface area contributed by atoms with Crippen LogP contribution in [-0.2, 0) is 9.53 Å². The van der Waals surface area contributed by atoms with E-state index in [4.69, 9.17) is 4.74 Å². The molecule has 1 saturated heterocycles. The maximum atomic E-state index is 11.4. The van der Waals surface area contributed by atoms with Gasteiger partial charge in [0.15, 0.2) is 0 Å². The predicted octanol–water partition coefficient (Wildman–Crippen LogP) is 0.0908. The van der Waals surface area contributed by atoms with Crippen LogP contribution in [0.1, 0.15) is 12.8 Å². The van der Waals surface area contributed by atoms with E-state index in [0.29, 0.717) is 12.5 Å². The Hall–Kier alpha value is -0.610. The van der Waals surface area contributed by atoms with Crippen molar-refractivity contribution < 1.29 is 9.53 Å². The number of nitrogens with one attached hydrogen (secondary N) is 1. The quantitative estimate of drug-likeness (QED) is 0.699. The molecule has 0 aromatic rings. The molecule has 1 rings (SSSR count). The Balaban J connectivity index is 2.24. The highest BCUT2D eigenvalue weighted by molar-refractivity contribution is 5.77. The number of amides is 1. The minimum Gasteiger partial charge on any atom is -0.381 e. The van der Waals surface area contributed by atoms with Crippen LogP contribution in [0.5, 0.6) is 0 Å². The van der Waals surface area contributed by atoms with E-state index in [-0.39, 0.29) is 5.91 Å². The van der Waals surface area contributed by atoms with E-state index in [1.807, 2.05) is 7.05 Å². The molecule has 1 heterocycles. The summed E-state index contributed by atoms with van der Waals surface area (Å²) >= 11 is 0. The Morgan fingerprint density at radius 3 is 3.00 bits per heavy atom. The highest BCUT2D eigenvalue weighted by Crippen LogP contribution is 2.14. The number of hydrogen-bond donors (Lipinski definition) is 1. The average molecular weight is 200 g/mol. The van der Waals surface area contributed by atoms with Crippen molar-refractivity contribution in [2.75, 3.05) is 40.4 Å². The Morgan fingerprint density at radius 2 is 2.43 bits per heavy atom. The lowest BCUT2D eigenvalue weighted by molar-refractivity contribution is -0.130. The number of hydrogen-bond acceptors (Lipinski definition) is 3. The molecule has 0 radical (unpaired) electrons. The average Bonchev–Trinajstić information content (AvgIpc) is 2.19. The van der Waals surface area contributed by atoms with Crippen LogP contribution in [0.2, 0.25) is 0 Å². The Labute approximate surface area is 85.6 Å². The standard InChI is InChI=1S/C10H20N2O2/c1-11-6-10(13)12(2)7-9-4-3-5-14-8-9/h9,11H,3-8H2,1-2H3. The first-order chi connectivity index (χ1) is 6.74. The van der Waals surface area contributed by atoms with E-state index in [2.05, 4.69) is 5.32 Å². The van der Waals surface area contributed by atoms with E-state index in [9.17, 15) is 4.79 Å². The number of nitrogens with zero attached hydrogens (tertiary/aromatic N) is 1. The third-order valence-electron chi connectivity index (χ3n) is 2.54. The van der Waals surface area contributed by atoms with Crippen molar-refractivity contribution in [2.24, 2.45) is 5.92 Å². The predicted molar refractivity (Wildman–Crippen MR) is 55.1 cm³/mol. The third-order valence-corrected chi connectivity index (χ3v) is 2.54. The third kappa shape index (κ3) is 3.64. The van der Waals surface area contributed by atoms with Crippen molar-refractivity contribution in [3.63, 3.8) is 0 Å². The maximum Gasteiger partial charge on any atom is 0.236 e. The number of carbonyl (C=O) groups is 1. The molecule has 1 aliphatic rings. The second-order valence-electron chi connectivity index (χ2n) is 3.89. The van der Waals surface area contributed by atoms with Crippen molar-refractivity contribution in [1.82, 2.24) is 10.2 Å². The molecule has 1 unspecified atom stereocenters. The molecule has 1 amide bonds. The summed E-state index contributed by atoms with van der Waals surface area (Å²) in [6.45, 7) is 2.92. The number of rotatable bonds is 4. The van der Waals surface area contributed by atoms with E-state index in [1.54, 1.807) is 11.9 Å². The molecular weight excluding hydrogens is 180 g/mol. The SMILES string of the molecule is CNCC(=O)N(C)CC1CCCOC1. The van der Waals surface area contributed by atoms with Crippen LogP contribution in [0, 0.1) is 5.92 Å². The van der Waals surface area contributed by atoms with Gasteiger partial charge in [0, 0.05) is 20.2 Å². The molecule has 0 aromatic carbocycles. The normalized spacial score (nSPS) is 22.0. The fourth-order valence-corrected chi connectivity index (χ4v) is 1.73. The maximum absolute atomic E-state index is 11.4. The fraction of sp³-hybridized carbons (Fsp3) is 0.900. The van der Waals surface area contributed by atoms with Crippen LogP contribution in [0.15, 0.2) is 0 Å². The van der Waals surface area contributed by atoms with Gasteiger partial charge in [0.05, 0.1) is 13.2 Å². The van der Waals surface area contributed by atoms with Crippen LogP contribution in [0.25, 0.3) is 0 Å². The largest absolute Gasteiger partial charge is 0.381 e. The smallest absolute Gasteiger partial charge is 0.236 e.